The molecule has 6 heteroatoms. The molecule has 0 aliphatic carbocycles. The average Bonchev–Trinajstić information content (AvgIpc) is 2.62. The molecule has 1 fully saturated rings. The molecule has 0 bridgehead atoms. The smallest absolute Gasteiger partial charge is 0.349 e. The van der Waals surface area contributed by atoms with Crippen molar-refractivity contribution in [2.75, 3.05) is 18.5 Å². The fourth-order valence-electron chi connectivity index (χ4n) is 3.01. The van der Waals surface area contributed by atoms with E-state index in [4.69, 9.17) is 9.15 Å². The van der Waals surface area contributed by atoms with E-state index in [9.17, 15) is 9.59 Å². The van der Waals surface area contributed by atoms with Crippen LogP contribution in [-0.2, 0) is 11.2 Å². The highest BCUT2D eigenvalue weighted by Crippen LogP contribution is 2.27. The van der Waals surface area contributed by atoms with Crippen LogP contribution in [0.1, 0.15) is 53.1 Å². The van der Waals surface area contributed by atoms with E-state index in [0.29, 0.717) is 30.4 Å². The van der Waals surface area contributed by atoms with E-state index in [1.807, 2.05) is 19.1 Å². The average molecular weight is 342 g/mol. The van der Waals surface area contributed by atoms with Gasteiger partial charge in [0, 0.05) is 24.8 Å². The number of carbonyl (C=O) groups excluding carboxylic acids is 1. The van der Waals surface area contributed by atoms with Gasteiger partial charge in [0.15, 0.2) is 0 Å². The van der Waals surface area contributed by atoms with Crippen LogP contribution in [0.3, 0.4) is 0 Å². The highest BCUT2D eigenvalue weighted by Gasteiger charge is 2.23. The first-order valence-electron chi connectivity index (χ1n) is 8.58. The lowest BCUT2D eigenvalue weighted by Crippen LogP contribution is -2.24. The van der Waals surface area contributed by atoms with Crippen LogP contribution in [-0.4, -0.2) is 24.1 Å². The fraction of sp³-hybridized carbons (Fsp3) is 0.421. The minimum atomic E-state index is -0.606. The van der Waals surface area contributed by atoms with E-state index in [1.165, 1.54) is 0 Å². The molecule has 0 radical (unpaired) electrons. The van der Waals surface area contributed by atoms with Crippen LogP contribution in [0.4, 0.5) is 5.82 Å². The Labute approximate surface area is 146 Å². The summed E-state index contributed by atoms with van der Waals surface area (Å²) in [5.41, 5.74) is 0.906. The molecule has 0 saturated carbocycles. The molecule has 132 valence electrons. The monoisotopic (exact) mass is 342 g/mol. The maximum Gasteiger partial charge on any atom is 0.349 e. The molecule has 2 aromatic heterocycles. The van der Waals surface area contributed by atoms with Gasteiger partial charge in [0.25, 0.3) is 5.91 Å². The van der Waals surface area contributed by atoms with Crippen molar-refractivity contribution in [3.05, 3.63) is 57.3 Å². The zero-order valence-corrected chi connectivity index (χ0v) is 14.5. The van der Waals surface area contributed by atoms with Gasteiger partial charge in [0.05, 0.1) is 0 Å². The summed E-state index contributed by atoms with van der Waals surface area (Å²) in [6.07, 6.45) is 2.41. The lowest BCUT2D eigenvalue weighted by molar-refractivity contribution is 0.0796. The van der Waals surface area contributed by atoms with Gasteiger partial charge < -0.3 is 14.5 Å². The third-order valence-corrected chi connectivity index (χ3v) is 4.43. The molecule has 2 aromatic rings. The summed E-state index contributed by atoms with van der Waals surface area (Å²) in [5.74, 6) is 0.732. The predicted molar refractivity (Wildman–Crippen MR) is 94.1 cm³/mol. The second-order valence-corrected chi connectivity index (χ2v) is 6.20. The molecule has 0 aromatic carbocycles. The highest BCUT2D eigenvalue weighted by molar-refractivity contribution is 6.04. The van der Waals surface area contributed by atoms with Gasteiger partial charge in [-0.25, -0.2) is 9.78 Å². The Morgan fingerprint density at radius 1 is 1.32 bits per heavy atom. The van der Waals surface area contributed by atoms with Crippen molar-refractivity contribution in [2.24, 2.45) is 0 Å². The Bertz CT molecular complexity index is 822. The van der Waals surface area contributed by atoms with Crippen LogP contribution >= 0.6 is 0 Å². The van der Waals surface area contributed by atoms with Crippen molar-refractivity contribution in [2.45, 2.75) is 39.0 Å². The normalized spacial score (nSPS) is 15.1. The van der Waals surface area contributed by atoms with Gasteiger partial charge in [-0.05, 0) is 49.9 Å². The maximum absolute atomic E-state index is 12.5. The summed E-state index contributed by atoms with van der Waals surface area (Å²) >= 11 is 0. The zero-order chi connectivity index (χ0) is 17.8. The first-order chi connectivity index (χ1) is 12.1. The van der Waals surface area contributed by atoms with Crippen LogP contribution in [0, 0.1) is 6.92 Å². The summed E-state index contributed by atoms with van der Waals surface area (Å²) < 4.78 is 10.8. The molecule has 6 nitrogen and oxygen atoms in total. The number of rotatable bonds is 4. The fourth-order valence-corrected chi connectivity index (χ4v) is 3.01. The van der Waals surface area contributed by atoms with Crippen molar-refractivity contribution >= 4 is 11.7 Å². The van der Waals surface area contributed by atoms with E-state index in [1.54, 1.807) is 19.1 Å². The topological polar surface area (TPSA) is 81.4 Å². The van der Waals surface area contributed by atoms with Crippen LogP contribution in [0.25, 0.3) is 0 Å². The largest absolute Gasteiger partial charge is 0.427 e. The Hall–Kier alpha value is -2.47. The number of carbonyl (C=O) groups is 1. The first kappa shape index (κ1) is 17.4. The SMILES string of the molecule is CCc1cccc(NC(=O)c2c(C)cc(C3CCOCC3)oc2=O)n1. The Morgan fingerprint density at radius 3 is 2.76 bits per heavy atom. The number of nitrogens with one attached hydrogen (secondary N) is 1. The van der Waals surface area contributed by atoms with Gasteiger partial charge >= 0.3 is 5.63 Å². The minimum absolute atomic E-state index is 0.0273. The zero-order valence-electron chi connectivity index (χ0n) is 14.5. The second kappa shape index (κ2) is 7.61. The molecule has 1 aliphatic rings. The molecule has 0 atom stereocenters. The van der Waals surface area contributed by atoms with E-state index in [-0.39, 0.29) is 11.5 Å². The van der Waals surface area contributed by atoms with Crippen LogP contribution in [0.15, 0.2) is 33.5 Å². The molecule has 1 saturated heterocycles. The minimum Gasteiger partial charge on any atom is -0.427 e. The standard InChI is InChI=1S/C19H22N2O4/c1-3-14-5-4-6-16(20-14)21-18(22)17-12(2)11-15(25-19(17)23)13-7-9-24-10-8-13/h4-6,11,13H,3,7-10H2,1-2H3,(H,20,21,22). The Morgan fingerprint density at radius 2 is 2.08 bits per heavy atom. The maximum atomic E-state index is 12.5. The second-order valence-electron chi connectivity index (χ2n) is 6.20. The van der Waals surface area contributed by atoms with Gasteiger partial charge in [0.1, 0.15) is 17.1 Å². The van der Waals surface area contributed by atoms with Crippen molar-refractivity contribution in [3.63, 3.8) is 0 Å². The molecular weight excluding hydrogens is 320 g/mol. The van der Waals surface area contributed by atoms with Crippen molar-refractivity contribution in [3.8, 4) is 0 Å². The molecule has 3 heterocycles. The molecule has 25 heavy (non-hydrogen) atoms. The summed E-state index contributed by atoms with van der Waals surface area (Å²) in [4.78, 5) is 29.2. The molecule has 1 aliphatic heterocycles. The summed E-state index contributed by atoms with van der Waals surface area (Å²) in [5, 5.41) is 2.68. The number of ether oxygens (including phenoxy) is 1. The lowest BCUT2D eigenvalue weighted by Gasteiger charge is -2.21. The Kier molecular flexibility index (Phi) is 5.28. The lowest BCUT2D eigenvalue weighted by atomic mass is 9.95. The number of hydrogen-bond donors (Lipinski definition) is 1. The number of aromatic nitrogens is 1. The molecule has 0 unspecified atom stereocenters. The predicted octanol–water partition coefficient (Wildman–Crippen LogP) is 3.05. The van der Waals surface area contributed by atoms with Crippen LogP contribution in [0.5, 0.6) is 0 Å². The third kappa shape index (κ3) is 3.96. The number of aryl methyl sites for hydroxylation is 2. The molecule has 3 rings (SSSR count). The van der Waals surface area contributed by atoms with Crippen molar-refractivity contribution < 1.29 is 13.9 Å². The van der Waals surface area contributed by atoms with E-state index >= 15 is 0 Å². The van der Waals surface area contributed by atoms with E-state index < -0.39 is 11.5 Å². The van der Waals surface area contributed by atoms with Crippen LogP contribution in [0.2, 0.25) is 0 Å². The highest BCUT2D eigenvalue weighted by atomic mass is 16.5. The number of pyridine rings is 1. The van der Waals surface area contributed by atoms with Gasteiger partial charge in [-0.15, -0.1) is 0 Å². The third-order valence-electron chi connectivity index (χ3n) is 4.43. The summed E-state index contributed by atoms with van der Waals surface area (Å²) in [6, 6.07) is 7.20. The van der Waals surface area contributed by atoms with Crippen molar-refractivity contribution in [1.29, 1.82) is 0 Å². The van der Waals surface area contributed by atoms with Gasteiger partial charge in [0.2, 0.25) is 0 Å². The quantitative estimate of drug-likeness (QED) is 0.923. The van der Waals surface area contributed by atoms with Gasteiger partial charge in [-0.2, -0.15) is 0 Å². The number of nitrogens with zero attached hydrogens (tertiary/aromatic N) is 1. The van der Waals surface area contributed by atoms with E-state index in [2.05, 4.69) is 10.3 Å². The summed E-state index contributed by atoms with van der Waals surface area (Å²) in [6.45, 7) is 5.07. The number of amides is 1. The number of hydrogen-bond acceptors (Lipinski definition) is 5. The van der Waals surface area contributed by atoms with Crippen molar-refractivity contribution in [1.82, 2.24) is 4.98 Å². The summed E-state index contributed by atoms with van der Waals surface area (Å²) in [7, 11) is 0. The van der Waals surface area contributed by atoms with Crippen LogP contribution < -0.4 is 10.9 Å². The molecular formula is C19H22N2O4. The first-order valence-corrected chi connectivity index (χ1v) is 8.58. The Balaban J connectivity index is 1.83. The van der Waals surface area contributed by atoms with Gasteiger partial charge in [-0.3, -0.25) is 4.79 Å². The number of anilines is 1. The molecule has 1 amide bonds. The van der Waals surface area contributed by atoms with E-state index in [0.717, 1.165) is 25.0 Å². The molecule has 0 spiro atoms. The molecule has 1 N–H and O–H groups in total. The van der Waals surface area contributed by atoms with Gasteiger partial charge in [-0.1, -0.05) is 13.0 Å².